The molecule has 0 radical (unpaired) electrons. The van der Waals surface area contributed by atoms with Gasteiger partial charge in [0, 0.05) is 6.42 Å². The third-order valence-electron chi connectivity index (χ3n) is 2.82. The van der Waals surface area contributed by atoms with Crippen molar-refractivity contribution in [2.24, 2.45) is 11.3 Å². The van der Waals surface area contributed by atoms with Crippen molar-refractivity contribution in [3.8, 4) is 5.75 Å². The molecule has 0 spiro atoms. The average Bonchev–Trinajstić information content (AvgIpc) is 2.24. The van der Waals surface area contributed by atoms with E-state index < -0.39 is 21.0 Å². The van der Waals surface area contributed by atoms with E-state index >= 15 is 0 Å². The van der Waals surface area contributed by atoms with E-state index in [4.69, 9.17) is 4.74 Å². The minimum Gasteiger partial charge on any atom is -0.744 e. The van der Waals surface area contributed by atoms with Crippen molar-refractivity contribution >= 4 is 16.1 Å². The molecule has 7 heteroatoms. The van der Waals surface area contributed by atoms with Gasteiger partial charge in [-0.25, -0.2) is 8.42 Å². The Balaban J connectivity index is 0.00000441. The van der Waals surface area contributed by atoms with Crippen LogP contribution in [0.25, 0.3) is 0 Å². The fraction of sp³-hybridized carbons (Fsp3) is 0.533. The van der Waals surface area contributed by atoms with Crippen LogP contribution in [0, 0.1) is 11.3 Å². The summed E-state index contributed by atoms with van der Waals surface area (Å²) in [4.78, 5) is 11.4. The summed E-state index contributed by atoms with van der Waals surface area (Å²) >= 11 is 0. The first-order valence-electron chi connectivity index (χ1n) is 6.74. The Labute approximate surface area is 175 Å². The molecule has 5 nitrogen and oxygen atoms in total. The SMILES string of the molecule is CC(CC(=O)Oc1ccccc1S(=O)(=O)[O-])CC(C)(C)C.[K+]. The Hall–Kier alpha value is 0.236. The summed E-state index contributed by atoms with van der Waals surface area (Å²) in [5, 5.41) is 0. The van der Waals surface area contributed by atoms with Gasteiger partial charge in [-0.1, -0.05) is 39.8 Å². The molecule has 0 saturated carbocycles. The van der Waals surface area contributed by atoms with E-state index in [9.17, 15) is 17.8 Å². The van der Waals surface area contributed by atoms with E-state index in [0.29, 0.717) is 0 Å². The Kier molecular flexibility index (Phi) is 9.01. The molecule has 0 N–H and O–H groups in total. The largest absolute Gasteiger partial charge is 1.00 e. The number of esters is 1. The first kappa shape index (κ1) is 22.2. The minimum absolute atomic E-state index is 0. The van der Waals surface area contributed by atoms with E-state index in [1.165, 1.54) is 18.2 Å². The van der Waals surface area contributed by atoms with Crippen LogP contribution in [-0.2, 0) is 14.9 Å². The van der Waals surface area contributed by atoms with Gasteiger partial charge in [0.15, 0.2) is 0 Å². The van der Waals surface area contributed by atoms with Crippen LogP contribution in [0.1, 0.15) is 40.5 Å². The molecule has 0 saturated heterocycles. The molecule has 0 aromatic heterocycles. The second-order valence-electron chi connectivity index (χ2n) is 6.45. The van der Waals surface area contributed by atoms with Crippen LogP contribution in [0.2, 0.25) is 0 Å². The zero-order valence-electron chi connectivity index (χ0n) is 13.8. The van der Waals surface area contributed by atoms with Crippen molar-refractivity contribution in [3.63, 3.8) is 0 Å². The zero-order chi connectivity index (χ0) is 16.3. The molecule has 0 aliphatic rings. The molecule has 1 aromatic rings. The van der Waals surface area contributed by atoms with Crippen molar-refractivity contribution < 1.29 is 73.9 Å². The summed E-state index contributed by atoms with van der Waals surface area (Å²) in [6, 6.07) is 5.35. The minimum atomic E-state index is -4.66. The van der Waals surface area contributed by atoms with Gasteiger partial charge in [-0.15, -0.1) is 0 Å². The number of carbonyl (C=O) groups is 1. The average molecular weight is 352 g/mol. The molecule has 0 aliphatic carbocycles. The van der Waals surface area contributed by atoms with Crippen LogP contribution < -0.4 is 56.1 Å². The number of ether oxygens (including phenoxy) is 1. The summed E-state index contributed by atoms with van der Waals surface area (Å²) in [5.74, 6) is -0.642. The van der Waals surface area contributed by atoms with Gasteiger partial charge in [-0.05, 0) is 29.9 Å². The molecule has 1 unspecified atom stereocenters. The molecule has 118 valence electrons. The maximum absolute atomic E-state index is 11.9. The number of hydrogen-bond donors (Lipinski definition) is 0. The molecule has 1 atom stereocenters. The molecule has 0 heterocycles. The monoisotopic (exact) mass is 352 g/mol. The Morgan fingerprint density at radius 2 is 1.82 bits per heavy atom. The predicted molar refractivity (Wildman–Crippen MR) is 77.9 cm³/mol. The molecule has 0 amide bonds. The normalized spacial score (nSPS) is 13.1. The maximum atomic E-state index is 11.9. The predicted octanol–water partition coefficient (Wildman–Crippen LogP) is -0.0375. The Morgan fingerprint density at radius 3 is 2.32 bits per heavy atom. The fourth-order valence-electron chi connectivity index (χ4n) is 2.31. The smallest absolute Gasteiger partial charge is 0.744 e. The van der Waals surface area contributed by atoms with E-state index in [1.807, 2.05) is 6.92 Å². The van der Waals surface area contributed by atoms with Gasteiger partial charge in [-0.3, -0.25) is 4.79 Å². The summed E-state index contributed by atoms with van der Waals surface area (Å²) in [5.41, 5.74) is 0.0932. The second-order valence-corrected chi connectivity index (χ2v) is 7.80. The first-order chi connectivity index (χ1) is 9.49. The van der Waals surface area contributed by atoms with Crippen molar-refractivity contribution in [2.75, 3.05) is 0 Å². The van der Waals surface area contributed by atoms with Crippen molar-refractivity contribution in [1.29, 1.82) is 0 Å². The molecule has 1 rings (SSSR count). The van der Waals surface area contributed by atoms with Gasteiger partial charge in [0.25, 0.3) is 0 Å². The molecule has 1 aromatic carbocycles. The molecule has 0 aliphatic heterocycles. The second kappa shape index (κ2) is 8.91. The number of para-hydroxylation sites is 1. The Bertz CT molecular complexity index is 605. The fourth-order valence-corrected chi connectivity index (χ4v) is 2.91. The third-order valence-corrected chi connectivity index (χ3v) is 3.69. The van der Waals surface area contributed by atoms with Crippen LogP contribution in [0.3, 0.4) is 0 Å². The molecule has 22 heavy (non-hydrogen) atoms. The summed E-state index contributed by atoms with van der Waals surface area (Å²) in [6.45, 7) is 8.17. The number of hydrogen-bond acceptors (Lipinski definition) is 5. The quantitative estimate of drug-likeness (QED) is 0.321. The van der Waals surface area contributed by atoms with E-state index in [1.54, 1.807) is 0 Å². The molecule has 0 fully saturated rings. The van der Waals surface area contributed by atoms with E-state index in [-0.39, 0.29) is 74.9 Å². The van der Waals surface area contributed by atoms with Crippen LogP contribution in [0.5, 0.6) is 5.75 Å². The summed E-state index contributed by atoms with van der Waals surface area (Å²) in [7, 11) is -4.66. The van der Waals surface area contributed by atoms with Gasteiger partial charge in [-0.2, -0.15) is 0 Å². The number of benzene rings is 1. The van der Waals surface area contributed by atoms with Crippen LogP contribution in [-0.4, -0.2) is 18.9 Å². The van der Waals surface area contributed by atoms with Crippen LogP contribution in [0.4, 0.5) is 0 Å². The summed E-state index contributed by atoms with van der Waals surface area (Å²) < 4.78 is 38.3. The Morgan fingerprint density at radius 1 is 1.27 bits per heavy atom. The maximum Gasteiger partial charge on any atom is 1.00 e. The van der Waals surface area contributed by atoms with Gasteiger partial charge in [0.2, 0.25) is 0 Å². The van der Waals surface area contributed by atoms with Gasteiger partial charge < -0.3 is 9.29 Å². The number of rotatable bonds is 5. The van der Waals surface area contributed by atoms with E-state index in [0.717, 1.165) is 12.5 Å². The van der Waals surface area contributed by atoms with E-state index in [2.05, 4.69) is 20.8 Å². The standard InChI is InChI=1S/C15H22O5S.K/c1-11(10-15(2,3)4)9-14(16)20-12-7-5-6-8-13(12)21(17,18)19;/h5-8,11H,9-10H2,1-4H3,(H,17,18,19);/q;+1/p-1. The van der Waals surface area contributed by atoms with Gasteiger partial charge in [0.1, 0.15) is 15.9 Å². The topological polar surface area (TPSA) is 83.5 Å². The van der Waals surface area contributed by atoms with Crippen LogP contribution in [0.15, 0.2) is 29.2 Å². The molecular formula is C15H21KO5S. The zero-order valence-corrected chi connectivity index (χ0v) is 17.7. The first-order valence-corrected chi connectivity index (χ1v) is 8.15. The summed E-state index contributed by atoms with van der Waals surface area (Å²) in [6.07, 6.45) is 1.01. The number of carbonyl (C=O) groups excluding carboxylic acids is 1. The van der Waals surface area contributed by atoms with Crippen LogP contribution >= 0.6 is 0 Å². The van der Waals surface area contributed by atoms with Gasteiger partial charge in [0.05, 0.1) is 4.90 Å². The van der Waals surface area contributed by atoms with Crippen molar-refractivity contribution in [3.05, 3.63) is 24.3 Å². The van der Waals surface area contributed by atoms with Gasteiger partial charge >= 0.3 is 57.4 Å². The molecule has 0 bridgehead atoms. The van der Waals surface area contributed by atoms with Crippen molar-refractivity contribution in [1.82, 2.24) is 0 Å². The third kappa shape index (κ3) is 8.19. The van der Waals surface area contributed by atoms with Crippen molar-refractivity contribution in [2.45, 2.75) is 45.4 Å². The molecular weight excluding hydrogens is 331 g/mol.